The van der Waals surface area contributed by atoms with Crippen molar-refractivity contribution in [3.05, 3.63) is 35.2 Å². The average Bonchev–Trinajstić information content (AvgIpc) is 3.03. The molecule has 0 unspecified atom stereocenters. The highest BCUT2D eigenvalue weighted by Crippen LogP contribution is 2.60. The van der Waals surface area contributed by atoms with Gasteiger partial charge in [0.2, 0.25) is 5.91 Å². The Kier molecular flexibility index (Phi) is 3.53. The van der Waals surface area contributed by atoms with E-state index < -0.39 is 0 Å². The van der Waals surface area contributed by atoms with Gasteiger partial charge in [0.25, 0.3) is 0 Å². The van der Waals surface area contributed by atoms with Crippen LogP contribution in [0.4, 0.5) is 5.13 Å². The summed E-state index contributed by atoms with van der Waals surface area (Å²) in [5.41, 5.74) is 3.20. The van der Waals surface area contributed by atoms with Crippen LogP contribution < -0.4 is 5.32 Å². The molecule has 0 aliphatic heterocycles. The standard InChI is InChI=1S/C21H24N2OS/c1-13-2-4-17(5-3-13)18-12-25-20(22-18)23-19(24)21-9-14-6-15(10-21)8-16(7-14)11-21/h2-5,12,14-16H,6-11H2,1H3,(H,22,23,24). The first-order valence-electron chi connectivity index (χ1n) is 9.44. The summed E-state index contributed by atoms with van der Waals surface area (Å²) in [6, 6.07) is 8.38. The number of hydrogen-bond acceptors (Lipinski definition) is 3. The second-order valence-electron chi connectivity index (χ2n) is 8.56. The summed E-state index contributed by atoms with van der Waals surface area (Å²) in [5.74, 6) is 2.60. The zero-order valence-electron chi connectivity index (χ0n) is 14.6. The zero-order chi connectivity index (χ0) is 17.0. The van der Waals surface area contributed by atoms with Crippen LogP contribution in [0.1, 0.15) is 44.1 Å². The van der Waals surface area contributed by atoms with Crippen molar-refractivity contribution in [2.75, 3.05) is 5.32 Å². The Morgan fingerprint density at radius 2 is 1.68 bits per heavy atom. The van der Waals surface area contributed by atoms with Crippen molar-refractivity contribution in [3.8, 4) is 11.3 Å². The van der Waals surface area contributed by atoms with Crippen molar-refractivity contribution >= 4 is 22.4 Å². The van der Waals surface area contributed by atoms with E-state index in [0.29, 0.717) is 0 Å². The van der Waals surface area contributed by atoms with Gasteiger partial charge in [-0.2, -0.15) is 0 Å². The largest absolute Gasteiger partial charge is 0.301 e. The number of carbonyl (C=O) groups excluding carboxylic acids is 1. The molecule has 0 spiro atoms. The lowest BCUT2D eigenvalue weighted by Crippen LogP contribution is -2.51. The van der Waals surface area contributed by atoms with Crippen molar-refractivity contribution in [2.45, 2.75) is 45.4 Å². The van der Waals surface area contributed by atoms with E-state index in [0.717, 1.165) is 53.4 Å². The molecule has 6 rings (SSSR count). The number of anilines is 1. The summed E-state index contributed by atoms with van der Waals surface area (Å²) < 4.78 is 0. The number of rotatable bonds is 3. The Labute approximate surface area is 152 Å². The summed E-state index contributed by atoms with van der Waals surface area (Å²) in [7, 11) is 0. The highest BCUT2D eigenvalue weighted by atomic mass is 32.1. The molecule has 1 amide bonds. The first-order chi connectivity index (χ1) is 12.1. The van der Waals surface area contributed by atoms with Gasteiger partial charge in [-0.05, 0) is 63.2 Å². The fraction of sp³-hybridized carbons (Fsp3) is 0.524. The lowest BCUT2D eigenvalue weighted by atomic mass is 9.49. The number of amides is 1. The van der Waals surface area contributed by atoms with Crippen LogP contribution in [-0.2, 0) is 4.79 Å². The molecule has 130 valence electrons. The van der Waals surface area contributed by atoms with Crippen molar-refractivity contribution in [3.63, 3.8) is 0 Å². The number of aromatic nitrogens is 1. The molecule has 25 heavy (non-hydrogen) atoms. The Hall–Kier alpha value is -1.68. The van der Waals surface area contributed by atoms with Crippen LogP contribution in [0.25, 0.3) is 11.3 Å². The third kappa shape index (κ3) is 2.71. The van der Waals surface area contributed by atoms with E-state index in [-0.39, 0.29) is 11.3 Å². The van der Waals surface area contributed by atoms with Crippen molar-refractivity contribution in [1.29, 1.82) is 0 Å². The molecule has 4 heteroatoms. The second-order valence-corrected chi connectivity index (χ2v) is 9.41. The first kappa shape index (κ1) is 15.6. The molecule has 1 aromatic carbocycles. The molecule has 2 aromatic rings. The molecule has 1 heterocycles. The van der Waals surface area contributed by atoms with E-state index >= 15 is 0 Å². The smallest absolute Gasteiger partial charge is 0.232 e. The normalized spacial score (nSPS) is 32.8. The van der Waals surface area contributed by atoms with Gasteiger partial charge in [-0.25, -0.2) is 4.98 Å². The van der Waals surface area contributed by atoms with Gasteiger partial charge in [-0.1, -0.05) is 29.8 Å². The van der Waals surface area contributed by atoms with Gasteiger partial charge in [-0.15, -0.1) is 11.3 Å². The van der Waals surface area contributed by atoms with E-state index in [4.69, 9.17) is 0 Å². The van der Waals surface area contributed by atoms with Crippen LogP contribution in [0.2, 0.25) is 0 Å². The Bertz CT molecular complexity index is 772. The van der Waals surface area contributed by atoms with Gasteiger partial charge >= 0.3 is 0 Å². The van der Waals surface area contributed by atoms with Gasteiger partial charge < -0.3 is 5.32 Å². The highest BCUT2D eigenvalue weighted by Gasteiger charge is 2.54. The molecule has 4 saturated carbocycles. The summed E-state index contributed by atoms with van der Waals surface area (Å²) >= 11 is 1.54. The van der Waals surface area contributed by atoms with Gasteiger partial charge in [0.15, 0.2) is 5.13 Å². The van der Waals surface area contributed by atoms with Crippen LogP contribution in [0.15, 0.2) is 29.6 Å². The van der Waals surface area contributed by atoms with Gasteiger partial charge in [0.05, 0.1) is 11.1 Å². The Balaban J connectivity index is 1.34. The molecular weight excluding hydrogens is 328 g/mol. The lowest BCUT2D eigenvalue weighted by Gasteiger charge is -2.55. The minimum Gasteiger partial charge on any atom is -0.301 e. The van der Waals surface area contributed by atoms with E-state index in [2.05, 4.69) is 41.5 Å². The number of benzene rings is 1. The predicted molar refractivity (Wildman–Crippen MR) is 102 cm³/mol. The molecule has 0 atom stereocenters. The van der Waals surface area contributed by atoms with Crippen LogP contribution >= 0.6 is 11.3 Å². The minimum absolute atomic E-state index is 0.107. The lowest BCUT2D eigenvalue weighted by molar-refractivity contribution is -0.140. The first-order valence-corrected chi connectivity index (χ1v) is 10.3. The number of thiazole rings is 1. The van der Waals surface area contributed by atoms with Crippen molar-refractivity contribution < 1.29 is 4.79 Å². The van der Waals surface area contributed by atoms with Crippen molar-refractivity contribution in [2.24, 2.45) is 23.2 Å². The second kappa shape index (κ2) is 5.66. The third-order valence-electron chi connectivity index (χ3n) is 6.59. The molecule has 1 aromatic heterocycles. The Morgan fingerprint density at radius 1 is 1.08 bits per heavy atom. The minimum atomic E-state index is -0.107. The SMILES string of the molecule is Cc1ccc(-c2csc(NC(=O)C34CC5CC(CC(C5)C3)C4)n2)cc1. The van der Waals surface area contributed by atoms with E-state index in [1.165, 1.54) is 36.2 Å². The molecule has 3 nitrogen and oxygen atoms in total. The molecular formula is C21H24N2OS. The van der Waals surface area contributed by atoms with Gasteiger partial charge in [-0.3, -0.25) is 4.79 Å². The topological polar surface area (TPSA) is 42.0 Å². The number of carbonyl (C=O) groups is 1. The molecule has 0 saturated heterocycles. The maximum absolute atomic E-state index is 13.1. The van der Waals surface area contributed by atoms with Crippen LogP contribution in [0.5, 0.6) is 0 Å². The van der Waals surface area contributed by atoms with Crippen LogP contribution in [-0.4, -0.2) is 10.9 Å². The number of nitrogens with one attached hydrogen (secondary N) is 1. The summed E-state index contributed by atoms with van der Waals surface area (Å²) in [6.45, 7) is 2.09. The predicted octanol–water partition coefficient (Wildman–Crippen LogP) is 5.27. The molecule has 4 fully saturated rings. The highest BCUT2D eigenvalue weighted by molar-refractivity contribution is 7.14. The molecule has 1 N–H and O–H groups in total. The summed E-state index contributed by atoms with van der Waals surface area (Å²) in [6.07, 6.45) is 7.38. The summed E-state index contributed by atoms with van der Waals surface area (Å²) in [4.78, 5) is 17.8. The maximum atomic E-state index is 13.1. The maximum Gasteiger partial charge on any atom is 0.232 e. The fourth-order valence-electron chi connectivity index (χ4n) is 5.81. The quantitative estimate of drug-likeness (QED) is 0.817. The van der Waals surface area contributed by atoms with Gasteiger partial charge in [0.1, 0.15) is 0 Å². The molecule has 4 bridgehead atoms. The van der Waals surface area contributed by atoms with E-state index in [9.17, 15) is 4.79 Å². The van der Waals surface area contributed by atoms with Crippen LogP contribution in [0.3, 0.4) is 0 Å². The number of aryl methyl sites for hydroxylation is 1. The van der Waals surface area contributed by atoms with Gasteiger partial charge in [0, 0.05) is 10.9 Å². The fourth-order valence-corrected chi connectivity index (χ4v) is 6.52. The molecule has 4 aliphatic rings. The Morgan fingerprint density at radius 3 is 2.28 bits per heavy atom. The monoisotopic (exact) mass is 352 g/mol. The average molecular weight is 353 g/mol. The van der Waals surface area contributed by atoms with E-state index in [1.54, 1.807) is 0 Å². The molecule has 4 aliphatic carbocycles. The zero-order valence-corrected chi connectivity index (χ0v) is 15.4. The number of hydrogen-bond donors (Lipinski definition) is 1. The van der Waals surface area contributed by atoms with Crippen molar-refractivity contribution in [1.82, 2.24) is 4.98 Å². The van der Waals surface area contributed by atoms with Crippen LogP contribution in [0, 0.1) is 30.1 Å². The number of nitrogens with zero attached hydrogens (tertiary/aromatic N) is 1. The third-order valence-corrected chi connectivity index (χ3v) is 7.35. The molecule has 0 radical (unpaired) electrons. The summed E-state index contributed by atoms with van der Waals surface area (Å²) in [5, 5.41) is 5.96. The van der Waals surface area contributed by atoms with E-state index in [1.807, 2.05) is 5.38 Å².